The Balaban J connectivity index is 1.41. The molecule has 0 aromatic carbocycles. The molecule has 0 saturated heterocycles. The summed E-state index contributed by atoms with van der Waals surface area (Å²) < 4.78 is 7.28. The Bertz CT molecular complexity index is 855. The van der Waals surface area contributed by atoms with Crippen LogP contribution in [0.5, 0.6) is 0 Å². The summed E-state index contributed by atoms with van der Waals surface area (Å²) in [7, 11) is 0. The molecule has 25 heavy (non-hydrogen) atoms. The number of imidazole rings is 1. The smallest absolute Gasteiger partial charge is 0.0992 e. The van der Waals surface area contributed by atoms with Crippen molar-refractivity contribution >= 4 is 5.52 Å². The fourth-order valence-corrected chi connectivity index (χ4v) is 4.61. The fraction of sp³-hybridized carbons (Fsp3) is 0.476. The molecule has 2 aliphatic carbocycles. The number of aliphatic hydroxyl groups is 1. The standard InChI is InChI=1S/C21H24N2O2/c24-21(16-5-1-14(2-6-16)17-8-10-25-12-17)20-18(15-3-4-15)7-9-23-13-22-11-19(20)23/h7-16,21,24H,1-6H2. The summed E-state index contributed by atoms with van der Waals surface area (Å²) in [5, 5.41) is 11.3. The van der Waals surface area contributed by atoms with Crippen molar-refractivity contribution in [1.82, 2.24) is 9.38 Å². The number of rotatable bonds is 4. The lowest BCUT2D eigenvalue weighted by molar-refractivity contribution is 0.0810. The normalized spacial score (nSPS) is 25.3. The molecule has 1 N–H and O–H groups in total. The van der Waals surface area contributed by atoms with Gasteiger partial charge in [-0.15, -0.1) is 0 Å². The molecule has 0 amide bonds. The second kappa shape index (κ2) is 6.03. The molecule has 0 radical (unpaired) electrons. The minimum Gasteiger partial charge on any atom is -0.472 e. The number of furan rings is 1. The Kier molecular flexibility index (Phi) is 3.66. The van der Waals surface area contributed by atoms with E-state index in [1.807, 2.05) is 23.2 Å². The molecule has 2 aliphatic rings. The average Bonchev–Trinajstić information content (AvgIpc) is 3.15. The van der Waals surface area contributed by atoms with Gasteiger partial charge in [-0.3, -0.25) is 0 Å². The zero-order valence-corrected chi connectivity index (χ0v) is 14.3. The minimum atomic E-state index is -0.388. The average molecular weight is 336 g/mol. The van der Waals surface area contributed by atoms with Gasteiger partial charge in [0.25, 0.3) is 0 Å². The predicted molar refractivity (Wildman–Crippen MR) is 95.5 cm³/mol. The summed E-state index contributed by atoms with van der Waals surface area (Å²) in [4.78, 5) is 4.30. The van der Waals surface area contributed by atoms with E-state index in [0.29, 0.717) is 17.8 Å². The Morgan fingerprint density at radius 3 is 2.60 bits per heavy atom. The van der Waals surface area contributed by atoms with Gasteiger partial charge in [-0.05, 0) is 79.5 Å². The quantitative estimate of drug-likeness (QED) is 0.743. The number of pyridine rings is 1. The highest BCUT2D eigenvalue weighted by Crippen LogP contribution is 2.47. The molecule has 0 aliphatic heterocycles. The van der Waals surface area contributed by atoms with Gasteiger partial charge in [-0.2, -0.15) is 0 Å². The third-order valence-electron chi connectivity index (χ3n) is 6.21. The van der Waals surface area contributed by atoms with E-state index < -0.39 is 0 Å². The SMILES string of the molecule is OC(c1c(C2CC2)ccn2cncc12)C1CCC(c2ccoc2)CC1. The third kappa shape index (κ3) is 2.69. The lowest BCUT2D eigenvalue weighted by atomic mass is 9.75. The topological polar surface area (TPSA) is 50.7 Å². The van der Waals surface area contributed by atoms with Crippen LogP contribution in [0.2, 0.25) is 0 Å². The highest BCUT2D eigenvalue weighted by molar-refractivity contribution is 5.59. The summed E-state index contributed by atoms with van der Waals surface area (Å²) in [6, 6.07) is 4.28. The molecule has 3 heterocycles. The molecule has 5 rings (SSSR count). The first-order chi connectivity index (χ1) is 12.3. The molecular formula is C21H24N2O2. The van der Waals surface area contributed by atoms with Gasteiger partial charge >= 0.3 is 0 Å². The molecular weight excluding hydrogens is 312 g/mol. The van der Waals surface area contributed by atoms with Crippen LogP contribution in [0.25, 0.3) is 5.52 Å². The van der Waals surface area contributed by atoms with Crippen molar-refractivity contribution in [1.29, 1.82) is 0 Å². The summed E-state index contributed by atoms with van der Waals surface area (Å²) in [6.45, 7) is 0. The van der Waals surface area contributed by atoms with Crippen molar-refractivity contribution in [2.45, 2.75) is 56.5 Å². The van der Waals surface area contributed by atoms with E-state index in [9.17, 15) is 5.11 Å². The van der Waals surface area contributed by atoms with Crippen molar-refractivity contribution in [3.63, 3.8) is 0 Å². The van der Waals surface area contributed by atoms with Crippen LogP contribution in [-0.2, 0) is 0 Å². The van der Waals surface area contributed by atoms with E-state index >= 15 is 0 Å². The third-order valence-corrected chi connectivity index (χ3v) is 6.21. The van der Waals surface area contributed by atoms with Crippen molar-refractivity contribution < 1.29 is 9.52 Å². The van der Waals surface area contributed by atoms with Gasteiger partial charge in [-0.25, -0.2) is 4.98 Å². The second-order valence-corrected chi connectivity index (χ2v) is 7.76. The van der Waals surface area contributed by atoms with Crippen LogP contribution in [0.1, 0.15) is 73.2 Å². The molecule has 0 bridgehead atoms. The van der Waals surface area contributed by atoms with Crippen molar-refractivity contribution in [3.8, 4) is 0 Å². The number of aliphatic hydroxyl groups excluding tert-OH is 1. The van der Waals surface area contributed by atoms with Gasteiger partial charge in [-0.1, -0.05) is 0 Å². The highest BCUT2D eigenvalue weighted by Gasteiger charge is 2.34. The zero-order valence-electron chi connectivity index (χ0n) is 14.3. The lowest BCUT2D eigenvalue weighted by Gasteiger charge is -2.32. The second-order valence-electron chi connectivity index (χ2n) is 7.76. The maximum Gasteiger partial charge on any atom is 0.0992 e. The number of aromatic nitrogens is 2. The first-order valence-electron chi connectivity index (χ1n) is 9.46. The number of hydrogen-bond acceptors (Lipinski definition) is 3. The zero-order chi connectivity index (χ0) is 16.8. The van der Waals surface area contributed by atoms with Gasteiger partial charge in [0.1, 0.15) is 0 Å². The van der Waals surface area contributed by atoms with Crippen molar-refractivity contribution in [2.75, 3.05) is 0 Å². The lowest BCUT2D eigenvalue weighted by Crippen LogP contribution is -2.21. The number of fused-ring (bicyclic) bond motifs is 1. The Morgan fingerprint density at radius 1 is 1.08 bits per heavy atom. The minimum absolute atomic E-state index is 0.335. The molecule has 4 heteroatoms. The van der Waals surface area contributed by atoms with E-state index in [0.717, 1.165) is 36.8 Å². The van der Waals surface area contributed by atoms with Gasteiger partial charge in [0, 0.05) is 11.8 Å². The summed E-state index contributed by atoms with van der Waals surface area (Å²) in [6.07, 6.45) is 16.0. The van der Waals surface area contributed by atoms with Crippen LogP contribution in [-0.4, -0.2) is 14.5 Å². The number of hydrogen-bond donors (Lipinski definition) is 1. The van der Waals surface area contributed by atoms with E-state index in [-0.39, 0.29) is 6.10 Å². The van der Waals surface area contributed by atoms with Gasteiger partial charge in [0.15, 0.2) is 0 Å². The molecule has 0 spiro atoms. The first kappa shape index (κ1) is 15.2. The molecule has 1 atom stereocenters. The van der Waals surface area contributed by atoms with Gasteiger partial charge in [0.05, 0.1) is 36.7 Å². The number of nitrogens with zero attached hydrogens (tertiary/aromatic N) is 2. The Labute approximate surface area is 147 Å². The molecule has 1 unspecified atom stereocenters. The van der Waals surface area contributed by atoms with Crippen LogP contribution in [0.3, 0.4) is 0 Å². The molecule has 3 aromatic rings. The summed E-state index contributed by atoms with van der Waals surface area (Å²) >= 11 is 0. The van der Waals surface area contributed by atoms with E-state index in [1.54, 1.807) is 6.26 Å². The molecule has 2 saturated carbocycles. The largest absolute Gasteiger partial charge is 0.472 e. The summed E-state index contributed by atoms with van der Waals surface area (Å²) in [5.41, 5.74) is 4.87. The summed E-state index contributed by atoms with van der Waals surface area (Å²) in [5.74, 6) is 1.55. The van der Waals surface area contributed by atoms with Gasteiger partial charge in [0.2, 0.25) is 0 Å². The molecule has 130 valence electrons. The van der Waals surface area contributed by atoms with Crippen LogP contribution in [0.4, 0.5) is 0 Å². The molecule has 2 fully saturated rings. The Morgan fingerprint density at radius 2 is 1.88 bits per heavy atom. The van der Waals surface area contributed by atoms with E-state index in [2.05, 4.69) is 23.3 Å². The predicted octanol–water partition coefficient (Wildman–Crippen LogP) is 4.81. The van der Waals surface area contributed by atoms with Crippen molar-refractivity contribution in [2.24, 2.45) is 5.92 Å². The highest BCUT2D eigenvalue weighted by atomic mass is 16.3. The monoisotopic (exact) mass is 336 g/mol. The van der Waals surface area contributed by atoms with E-state index in [4.69, 9.17) is 4.42 Å². The maximum atomic E-state index is 11.3. The fourth-order valence-electron chi connectivity index (χ4n) is 4.61. The van der Waals surface area contributed by atoms with Crippen LogP contribution >= 0.6 is 0 Å². The maximum absolute atomic E-state index is 11.3. The van der Waals surface area contributed by atoms with Crippen molar-refractivity contribution in [3.05, 3.63) is 60.1 Å². The molecule has 3 aromatic heterocycles. The van der Waals surface area contributed by atoms with Crippen LogP contribution in [0.15, 0.2) is 47.8 Å². The van der Waals surface area contributed by atoms with Crippen LogP contribution < -0.4 is 0 Å². The van der Waals surface area contributed by atoms with Crippen LogP contribution in [0, 0.1) is 5.92 Å². The first-order valence-corrected chi connectivity index (χ1v) is 9.46. The van der Waals surface area contributed by atoms with E-state index in [1.165, 1.54) is 24.0 Å². The van der Waals surface area contributed by atoms with Gasteiger partial charge < -0.3 is 13.9 Å². The Hall–Kier alpha value is -2.07. The molecule has 4 nitrogen and oxygen atoms in total.